The number of para-hydroxylation sites is 1. The van der Waals surface area contributed by atoms with E-state index in [4.69, 9.17) is 4.74 Å². The molecule has 0 aliphatic rings. The number of nitrogens with zero attached hydrogens (tertiary/aromatic N) is 3. The van der Waals surface area contributed by atoms with Crippen LogP contribution in [0.3, 0.4) is 0 Å². The number of nitrogens with one attached hydrogen (secondary N) is 1. The molecule has 0 fully saturated rings. The summed E-state index contributed by atoms with van der Waals surface area (Å²) >= 11 is 0. The second-order valence-electron chi connectivity index (χ2n) is 6.51. The number of aromatic nitrogens is 3. The van der Waals surface area contributed by atoms with Gasteiger partial charge in [0.05, 0.1) is 17.6 Å². The summed E-state index contributed by atoms with van der Waals surface area (Å²) in [6.07, 6.45) is 1.12. The maximum absolute atomic E-state index is 12.4. The Morgan fingerprint density at radius 3 is 2.28 bits per heavy atom. The molecule has 0 unspecified atom stereocenters. The molecule has 4 rings (SSSR count). The lowest BCUT2D eigenvalue weighted by molar-refractivity contribution is -0.122. The fraction of sp³-hybridized carbons (Fsp3) is 0.0870. The van der Waals surface area contributed by atoms with Crippen molar-refractivity contribution >= 4 is 11.6 Å². The van der Waals surface area contributed by atoms with Crippen molar-refractivity contribution in [3.8, 4) is 22.7 Å². The van der Waals surface area contributed by atoms with E-state index in [9.17, 15) is 4.79 Å². The van der Waals surface area contributed by atoms with Gasteiger partial charge in [0.1, 0.15) is 5.75 Å². The number of anilines is 1. The van der Waals surface area contributed by atoms with E-state index in [2.05, 4.69) is 15.6 Å². The fourth-order valence-electron chi connectivity index (χ4n) is 2.92. The minimum Gasteiger partial charge on any atom is -0.481 e. The summed E-state index contributed by atoms with van der Waals surface area (Å²) in [5.41, 5.74) is 3.46. The standard InChI is InChI=1S/C23H20N4O2/c1-17(29-21-10-6-3-7-11-21)23(28)25-19-12-14-20(15-13-19)27-22(16-24-26-27)18-8-4-2-5-9-18/h2-17H,1H3,(H,25,28)/t17-/m0/s1. The molecule has 6 heteroatoms. The Hall–Kier alpha value is -3.93. The van der Waals surface area contributed by atoms with Crippen LogP contribution in [0.15, 0.2) is 91.1 Å². The number of ether oxygens (including phenoxy) is 1. The lowest BCUT2D eigenvalue weighted by Crippen LogP contribution is -2.30. The second-order valence-corrected chi connectivity index (χ2v) is 6.51. The molecule has 0 aliphatic heterocycles. The van der Waals surface area contributed by atoms with Gasteiger partial charge in [-0.2, -0.15) is 0 Å². The summed E-state index contributed by atoms with van der Waals surface area (Å²) < 4.78 is 7.43. The zero-order valence-corrected chi connectivity index (χ0v) is 15.9. The Balaban J connectivity index is 1.45. The van der Waals surface area contributed by atoms with Crippen molar-refractivity contribution in [1.29, 1.82) is 0 Å². The number of carbonyl (C=O) groups is 1. The van der Waals surface area contributed by atoms with Crippen molar-refractivity contribution in [3.63, 3.8) is 0 Å². The highest BCUT2D eigenvalue weighted by molar-refractivity contribution is 5.94. The van der Waals surface area contributed by atoms with E-state index in [1.165, 1.54) is 0 Å². The predicted octanol–water partition coefficient (Wildman–Crippen LogP) is 4.34. The highest BCUT2D eigenvalue weighted by Gasteiger charge is 2.15. The Morgan fingerprint density at radius 1 is 0.931 bits per heavy atom. The first-order valence-electron chi connectivity index (χ1n) is 9.30. The molecule has 1 amide bonds. The molecule has 1 aromatic heterocycles. The van der Waals surface area contributed by atoms with Gasteiger partial charge in [0.2, 0.25) is 0 Å². The molecule has 0 bridgehead atoms. The van der Waals surface area contributed by atoms with Gasteiger partial charge in [-0.25, -0.2) is 4.68 Å². The van der Waals surface area contributed by atoms with E-state index in [0.717, 1.165) is 16.9 Å². The SMILES string of the molecule is C[C@H](Oc1ccccc1)C(=O)Nc1ccc(-n2nncc2-c2ccccc2)cc1. The van der Waals surface area contributed by atoms with E-state index < -0.39 is 6.10 Å². The Morgan fingerprint density at radius 2 is 1.59 bits per heavy atom. The highest BCUT2D eigenvalue weighted by atomic mass is 16.5. The third-order valence-electron chi connectivity index (χ3n) is 4.42. The summed E-state index contributed by atoms with van der Waals surface area (Å²) in [6, 6.07) is 26.7. The zero-order chi connectivity index (χ0) is 20.1. The minimum atomic E-state index is -0.614. The summed E-state index contributed by atoms with van der Waals surface area (Å²) in [5, 5.41) is 11.1. The molecule has 0 radical (unpaired) electrons. The van der Waals surface area contributed by atoms with Gasteiger partial charge in [-0.1, -0.05) is 53.7 Å². The van der Waals surface area contributed by atoms with E-state index >= 15 is 0 Å². The third-order valence-corrected chi connectivity index (χ3v) is 4.42. The van der Waals surface area contributed by atoms with E-state index in [-0.39, 0.29) is 5.91 Å². The van der Waals surface area contributed by atoms with Crippen LogP contribution in [-0.4, -0.2) is 27.0 Å². The number of carbonyl (C=O) groups excluding carboxylic acids is 1. The number of hydrogen-bond donors (Lipinski definition) is 1. The smallest absolute Gasteiger partial charge is 0.265 e. The molecule has 0 saturated carbocycles. The van der Waals surface area contributed by atoms with Crippen molar-refractivity contribution in [2.75, 3.05) is 5.32 Å². The minimum absolute atomic E-state index is 0.215. The number of amides is 1. The van der Waals surface area contributed by atoms with Crippen LogP contribution in [0.2, 0.25) is 0 Å². The topological polar surface area (TPSA) is 69.0 Å². The van der Waals surface area contributed by atoms with Gasteiger partial charge in [0.25, 0.3) is 5.91 Å². The van der Waals surface area contributed by atoms with Crippen molar-refractivity contribution in [3.05, 3.63) is 91.1 Å². The van der Waals surface area contributed by atoms with E-state index in [0.29, 0.717) is 11.4 Å². The lowest BCUT2D eigenvalue weighted by Gasteiger charge is -2.15. The second kappa shape index (κ2) is 8.39. The number of benzene rings is 3. The molecular formula is C23H20N4O2. The largest absolute Gasteiger partial charge is 0.481 e. The zero-order valence-electron chi connectivity index (χ0n) is 15.9. The first-order chi connectivity index (χ1) is 14.2. The molecular weight excluding hydrogens is 364 g/mol. The normalized spacial score (nSPS) is 11.6. The monoisotopic (exact) mass is 384 g/mol. The first-order valence-corrected chi connectivity index (χ1v) is 9.30. The molecule has 1 atom stereocenters. The van der Waals surface area contributed by atoms with Crippen LogP contribution in [0, 0.1) is 0 Å². The summed E-state index contributed by atoms with van der Waals surface area (Å²) in [4.78, 5) is 12.4. The van der Waals surface area contributed by atoms with Gasteiger partial charge < -0.3 is 10.1 Å². The maximum atomic E-state index is 12.4. The van der Waals surface area contributed by atoms with Crippen molar-refractivity contribution in [2.45, 2.75) is 13.0 Å². The van der Waals surface area contributed by atoms with Crippen LogP contribution in [0.1, 0.15) is 6.92 Å². The maximum Gasteiger partial charge on any atom is 0.265 e. The number of hydrogen-bond acceptors (Lipinski definition) is 4. The van der Waals surface area contributed by atoms with Crippen LogP contribution in [0.25, 0.3) is 16.9 Å². The average Bonchev–Trinajstić information content (AvgIpc) is 3.25. The van der Waals surface area contributed by atoms with E-state index in [1.807, 2.05) is 84.9 Å². The molecule has 0 spiro atoms. The third kappa shape index (κ3) is 4.32. The Bertz CT molecular complexity index is 1080. The number of rotatable bonds is 6. The Labute approximate surface area is 168 Å². The summed E-state index contributed by atoms with van der Waals surface area (Å²) in [7, 11) is 0. The van der Waals surface area contributed by atoms with Gasteiger partial charge in [-0.05, 0) is 43.3 Å². The van der Waals surface area contributed by atoms with E-state index in [1.54, 1.807) is 17.8 Å². The Kier molecular flexibility index (Phi) is 5.33. The average molecular weight is 384 g/mol. The van der Waals surface area contributed by atoms with Gasteiger partial charge in [0, 0.05) is 11.3 Å². The van der Waals surface area contributed by atoms with Crippen LogP contribution in [0.5, 0.6) is 5.75 Å². The van der Waals surface area contributed by atoms with Gasteiger partial charge in [-0.15, -0.1) is 5.10 Å². The highest BCUT2D eigenvalue weighted by Crippen LogP contribution is 2.22. The fourth-order valence-corrected chi connectivity index (χ4v) is 2.92. The van der Waals surface area contributed by atoms with Crippen LogP contribution in [-0.2, 0) is 4.79 Å². The molecule has 29 heavy (non-hydrogen) atoms. The molecule has 6 nitrogen and oxygen atoms in total. The van der Waals surface area contributed by atoms with Crippen LogP contribution >= 0.6 is 0 Å². The van der Waals surface area contributed by atoms with Gasteiger partial charge >= 0.3 is 0 Å². The molecule has 1 N–H and O–H groups in total. The predicted molar refractivity (Wildman–Crippen MR) is 112 cm³/mol. The molecule has 3 aromatic carbocycles. The quantitative estimate of drug-likeness (QED) is 0.537. The molecule has 4 aromatic rings. The van der Waals surface area contributed by atoms with Gasteiger partial charge in [0.15, 0.2) is 6.10 Å². The lowest BCUT2D eigenvalue weighted by atomic mass is 10.1. The molecule has 144 valence electrons. The van der Waals surface area contributed by atoms with Crippen LogP contribution in [0.4, 0.5) is 5.69 Å². The summed E-state index contributed by atoms with van der Waals surface area (Å²) in [6.45, 7) is 1.72. The summed E-state index contributed by atoms with van der Waals surface area (Å²) in [5.74, 6) is 0.442. The molecule has 1 heterocycles. The van der Waals surface area contributed by atoms with Crippen molar-refractivity contribution in [2.24, 2.45) is 0 Å². The van der Waals surface area contributed by atoms with Crippen LogP contribution < -0.4 is 10.1 Å². The molecule has 0 saturated heterocycles. The van der Waals surface area contributed by atoms with Crippen molar-refractivity contribution < 1.29 is 9.53 Å². The first kappa shape index (κ1) is 18.4. The molecule has 0 aliphatic carbocycles. The van der Waals surface area contributed by atoms with Crippen molar-refractivity contribution in [1.82, 2.24) is 15.0 Å². The van der Waals surface area contributed by atoms with Gasteiger partial charge in [-0.3, -0.25) is 4.79 Å².